The van der Waals surface area contributed by atoms with Crippen molar-refractivity contribution in [1.29, 1.82) is 5.26 Å². The number of Topliss-reactive ketones (excluding diaryl/α,β-unsaturated/α-hetero) is 1. The van der Waals surface area contributed by atoms with Gasteiger partial charge in [-0.25, -0.2) is 13.8 Å². The number of nitrogens with zero attached hydrogens (tertiary/aromatic N) is 2. The second-order valence-electron chi connectivity index (χ2n) is 4.24. The van der Waals surface area contributed by atoms with Crippen molar-refractivity contribution in [2.45, 2.75) is 17.2 Å². The van der Waals surface area contributed by atoms with Gasteiger partial charge in [0.1, 0.15) is 11.6 Å². The summed E-state index contributed by atoms with van der Waals surface area (Å²) in [5.74, 6) is -1.95. The fourth-order valence-corrected chi connectivity index (χ4v) is 2.60. The predicted octanol–water partition coefficient (Wildman–Crippen LogP) is 3.59. The van der Waals surface area contributed by atoms with E-state index in [4.69, 9.17) is 5.26 Å². The van der Waals surface area contributed by atoms with E-state index < -0.39 is 22.7 Å². The Morgan fingerprint density at radius 2 is 2.10 bits per heavy atom. The average molecular weight is 304 g/mol. The molecule has 0 unspecified atom stereocenters. The molecule has 2 aromatic rings. The molecule has 0 aliphatic carbocycles. The van der Waals surface area contributed by atoms with Gasteiger partial charge < -0.3 is 0 Å². The van der Waals surface area contributed by atoms with Gasteiger partial charge in [-0.05, 0) is 37.3 Å². The zero-order valence-corrected chi connectivity index (χ0v) is 11.8. The van der Waals surface area contributed by atoms with Gasteiger partial charge in [0.15, 0.2) is 5.78 Å². The Bertz CT molecular complexity index is 728. The number of hydrogen-bond donors (Lipinski definition) is 0. The molecule has 21 heavy (non-hydrogen) atoms. The van der Waals surface area contributed by atoms with E-state index >= 15 is 0 Å². The van der Waals surface area contributed by atoms with Gasteiger partial charge in [0.2, 0.25) is 0 Å². The third-order valence-corrected chi connectivity index (χ3v) is 3.76. The molecule has 0 amide bonds. The normalized spacial score (nSPS) is 11.7. The van der Waals surface area contributed by atoms with Crippen LogP contribution in [-0.2, 0) is 0 Å². The van der Waals surface area contributed by atoms with Gasteiger partial charge in [-0.3, -0.25) is 4.79 Å². The first-order chi connectivity index (χ1) is 10.0. The maximum absolute atomic E-state index is 13.6. The van der Waals surface area contributed by atoms with Gasteiger partial charge in [-0.1, -0.05) is 11.8 Å². The predicted molar refractivity (Wildman–Crippen MR) is 75.0 cm³/mol. The molecule has 0 aliphatic heterocycles. The van der Waals surface area contributed by atoms with Crippen LogP contribution < -0.4 is 0 Å². The van der Waals surface area contributed by atoms with Crippen LogP contribution in [0.3, 0.4) is 0 Å². The number of pyridine rings is 1. The summed E-state index contributed by atoms with van der Waals surface area (Å²) in [7, 11) is 0. The Hall–Kier alpha value is -2.26. The van der Waals surface area contributed by atoms with Gasteiger partial charge >= 0.3 is 0 Å². The zero-order valence-electron chi connectivity index (χ0n) is 11.0. The summed E-state index contributed by atoms with van der Waals surface area (Å²) in [6.07, 6.45) is 1.46. The van der Waals surface area contributed by atoms with Crippen LogP contribution in [0.5, 0.6) is 0 Å². The number of benzene rings is 1. The van der Waals surface area contributed by atoms with Gasteiger partial charge in [-0.15, -0.1) is 0 Å². The average Bonchev–Trinajstić information content (AvgIpc) is 2.49. The number of aromatic nitrogens is 1. The number of carbonyl (C=O) groups is 1. The summed E-state index contributed by atoms with van der Waals surface area (Å²) >= 11 is 1.09. The van der Waals surface area contributed by atoms with Crippen molar-refractivity contribution in [3.05, 3.63) is 59.3 Å². The molecule has 0 aliphatic rings. The third-order valence-electron chi connectivity index (χ3n) is 2.72. The van der Waals surface area contributed by atoms with Crippen LogP contribution in [-0.4, -0.2) is 16.0 Å². The fraction of sp³-hybridized carbons (Fsp3) is 0.133. The first-order valence-electron chi connectivity index (χ1n) is 6.03. The molecule has 6 heteroatoms. The molecule has 0 fully saturated rings. The monoisotopic (exact) mass is 304 g/mol. The molecule has 0 N–H and O–H groups in total. The summed E-state index contributed by atoms with van der Waals surface area (Å²) in [5.41, 5.74) is 0.135. The highest BCUT2D eigenvalue weighted by atomic mass is 32.2. The lowest BCUT2D eigenvalue weighted by atomic mass is 10.1. The summed E-state index contributed by atoms with van der Waals surface area (Å²) in [5, 5.41) is 8.63. The molecule has 1 heterocycles. The highest BCUT2D eigenvalue weighted by Crippen LogP contribution is 2.25. The second-order valence-corrected chi connectivity index (χ2v) is 5.60. The Kier molecular flexibility index (Phi) is 4.66. The van der Waals surface area contributed by atoms with E-state index in [1.807, 2.05) is 6.07 Å². The fourth-order valence-electron chi connectivity index (χ4n) is 1.68. The van der Waals surface area contributed by atoms with Crippen LogP contribution in [0.4, 0.5) is 8.78 Å². The highest BCUT2D eigenvalue weighted by Gasteiger charge is 2.21. The van der Waals surface area contributed by atoms with Crippen LogP contribution in [0.15, 0.2) is 41.6 Å². The minimum absolute atomic E-state index is 0.286. The van der Waals surface area contributed by atoms with Crippen molar-refractivity contribution in [3.8, 4) is 6.07 Å². The lowest BCUT2D eigenvalue weighted by Gasteiger charge is -2.10. The molecule has 3 nitrogen and oxygen atoms in total. The minimum Gasteiger partial charge on any atom is -0.293 e. The molecule has 0 saturated heterocycles. The summed E-state index contributed by atoms with van der Waals surface area (Å²) in [6.45, 7) is 1.58. The maximum atomic E-state index is 13.6. The lowest BCUT2D eigenvalue weighted by molar-refractivity contribution is 0.0989. The van der Waals surface area contributed by atoms with E-state index in [0.717, 1.165) is 30.0 Å². The summed E-state index contributed by atoms with van der Waals surface area (Å²) in [4.78, 5) is 16.2. The lowest BCUT2D eigenvalue weighted by Crippen LogP contribution is -2.15. The van der Waals surface area contributed by atoms with E-state index in [1.165, 1.54) is 12.3 Å². The SMILES string of the molecule is C[C@@H](Sc1cc(C#N)ccn1)C(=O)c1cc(F)ccc1F. The molecule has 1 aromatic heterocycles. The van der Waals surface area contributed by atoms with Crippen molar-refractivity contribution >= 4 is 17.5 Å². The Morgan fingerprint density at radius 3 is 2.81 bits per heavy atom. The maximum Gasteiger partial charge on any atom is 0.178 e. The highest BCUT2D eigenvalue weighted by molar-refractivity contribution is 8.00. The van der Waals surface area contributed by atoms with Crippen molar-refractivity contribution < 1.29 is 13.6 Å². The molecule has 0 spiro atoms. The molecule has 0 bridgehead atoms. The zero-order chi connectivity index (χ0) is 15.4. The third kappa shape index (κ3) is 3.64. The van der Waals surface area contributed by atoms with Crippen molar-refractivity contribution in [3.63, 3.8) is 0 Å². The number of ketones is 1. The Morgan fingerprint density at radius 1 is 1.33 bits per heavy atom. The Labute approximate surface area is 124 Å². The minimum atomic E-state index is -0.757. The van der Waals surface area contributed by atoms with Gasteiger partial charge in [0, 0.05) is 6.20 Å². The number of thioether (sulfide) groups is 1. The van der Waals surface area contributed by atoms with Crippen LogP contribution in [0.2, 0.25) is 0 Å². The molecule has 0 saturated carbocycles. The van der Waals surface area contributed by atoms with Gasteiger partial charge in [0.05, 0.1) is 27.5 Å². The molecular weight excluding hydrogens is 294 g/mol. The number of carbonyl (C=O) groups excluding carboxylic acids is 1. The number of rotatable bonds is 4. The van der Waals surface area contributed by atoms with E-state index in [0.29, 0.717) is 10.6 Å². The van der Waals surface area contributed by atoms with Gasteiger partial charge in [-0.2, -0.15) is 5.26 Å². The first-order valence-corrected chi connectivity index (χ1v) is 6.91. The number of nitriles is 1. The molecule has 0 radical (unpaired) electrons. The van der Waals surface area contributed by atoms with Crippen LogP contribution >= 0.6 is 11.8 Å². The van der Waals surface area contributed by atoms with E-state index in [9.17, 15) is 13.6 Å². The Balaban J connectivity index is 2.19. The van der Waals surface area contributed by atoms with Crippen LogP contribution in [0.25, 0.3) is 0 Å². The van der Waals surface area contributed by atoms with Crippen molar-refractivity contribution in [1.82, 2.24) is 4.98 Å². The summed E-state index contributed by atoms with van der Waals surface area (Å²) < 4.78 is 26.7. The number of halogens is 2. The molecule has 1 atom stereocenters. The van der Waals surface area contributed by atoms with Crippen molar-refractivity contribution in [2.75, 3.05) is 0 Å². The number of hydrogen-bond acceptors (Lipinski definition) is 4. The molecule has 106 valence electrons. The van der Waals surface area contributed by atoms with E-state index in [1.54, 1.807) is 13.0 Å². The summed E-state index contributed by atoms with van der Waals surface area (Å²) in [6, 6.07) is 7.82. The van der Waals surface area contributed by atoms with E-state index in [-0.39, 0.29) is 5.56 Å². The first kappa shape index (κ1) is 15.1. The largest absolute Gasteiger partial charge is 0.293 e. The van der Waals surface area contributed by atoms with Gasteiger partial charge in [0.25, 0.3) is 0 Å². The van der Waals surface area contributed by atoms with Crippen LogP contribution in [0, 0.1) is 23.0 Å². The molecule has 1 aromatic carbocycles. The van der Waals surface area contributed by atoms with Crippen molar-refractivity contribution in [2.24, 2.45) is 0 Å². The quantitative estimate of drug-likeness (QED) is 0.640. The standard InChI is InChI=1S/C15H10F2N2OS/c1-9(21-14-6-10(8-18)4-5-19-14)15(20)12-7-11(16)2-3-13(12)17/h2-7,9H,1H3/t9-/m1/s1. The van der Waals surface area contributed by atoms with E-state index in [2.05, 4.69) is 4.98 Å². The topological polar surface area (TPSA) is 53.8 Å². The second kappa shape index (κ2) is 6.46. The smallest absolute Gasteiger partial charge is 0.178 e. The molecular formula is C15H10F2N2OS. The molecule has 2 rings (SSSR count). The van der Waals surface area contributed by atoms with Crippen LogP contribution in [0.1, 0.15) is 22.8 Å².